The van der Waals surface area contributed by atoms with Crippen LogP contribution in [0, 0.1) is 0 Å². The summed E-state index contributed by atoms with van der Waals surface area (Å²) in [4.78, 5) is 0. The van der Waals surface area contributed by atoms with Gasteiger partial charge in [-0.2, -0.15) is 0 Å². The molecule has 5 nitrogen and oxygen atoms in total. The number of halogens is 1. The Labute approximate surface area is 175 Å². The van der Waals surface area contributed by atoms with Crippen LogP contribution in [0.15, 0.2) is 54.6 Å². The first-order valence-corrected chi connectivity index (χ1v) is 11.3. The van der Waals surface area contributed by atoms with Crippen LogP contribution in [0.5, 0.6) is 5.75 Å². The summed E-state index contributed by atoms with van der Waals surface area (Å²) < 4.78 is 29.9. The monoisotopic (exact) mass is 424 g/mol. The summed E-state index contributed by atoms with van der Waals surface area (Å²) >= 11 is 0. The lowest BCUT2D eigenvalue weighted by molar-refractivity contribution is 0.234. The van der Waals surface area contributed by atoms with Gasteiger partial charge in [-0.15, -0.1) is 12.4 Å². The van der Waals surface area contributed by atoms with Crippen molar-refractivity contribution in [1.29, 1.82) is 0 Å². The zero-order valence-electron chi connectivity index (χ0n) is 15.9. The molecule has 1 aliphatic heterocycles. The minimum absolute atomic E-state index is 0. The third-order valence-corrected chi connectivity index (χ3v) is 7.34. The van der Waals surface area contributed by atoms with Crippen LogP contribution >= 0.6 is 23.2 Å². The first-order chi connectivity index (χ1) is 13.2. The van der Waals surface area contributed by atoms with Gasteiger partial charge in [-0.3, -0.25) is 9.11 Å². The molecule has 0 aromatic heterocycles. The Morgan fingerprint density at radius 3 is 2.43 bits per heavy atom. The molecule has 1 aliphatic carbocycles. The predicted octanol–water partition coefficient (Wildman–Crippen LogP) is 5.94. The largest absolute Gasteiger partial charge is 0.467 e. The lowest BCUT2D eigenvalue weighted by Crippen LogP contribution is -2.39. The molecule has 7 heteroatoms. The minimum Gasteiger partial charge on any atom is -0.467 e. The number of hydrogen-bond donors (Lipinski definition) is 3. The van der Waals surface area contributed by atoms with Crippen molar-refractivity contribution >= 4 is 34.6 Å². The van der Waals surface area contributed by atoms with E-state index >= 15 is 0 Å². The van der Waals surface area contributed by atoms with Crippen molar-refractivity contribution in [2.45, 2.75) is 50.0 Å². The van der Waals surface area contributed by atoms with E-state index in [4.69, 9.17) is 4.74 Å². The molecule has 3 N–H and O–H groups in total. The van der Waals surface area contributed by atoms with Gasteiger partial charge in [0.1, 0.15) is 11.4 Å². The lowest BCUT2D eigenvalue weighted by atomic mass is 10.2. The molecule has 1 heterocycles. The predicted molar refractivity (Wildman–Crippen MR) is 119 cm³/mol. The van der Waals surface area contributed by atoms with E-state index in [-0.39, 0.29) is 12.4 Å². The van der Waals surface area contributed by atoms with Crippen LogP contribution in [0.2, 0.25) is 0 Å². The van der Waals surface area contributed by atoms with Gasteiger partial charge in [0, 0.05) is 12.5 Å². The van der Waals surface area contributed by atoms with E-state index in [9.17, 15) is 9.11 Å². The third kappa shape index (κ3) is 4.42. The molecule has 154 valence electrons. The van der Waals surface area contributed by atoms with Crippen LogP contribution in [0.3, 0.4) is 0 Å². The highest BCUT2D eigenvalue weighted by Gasteiger charge is 2.40. The fourth-order valence-electron chi connectivity index (χ4n) is 3.97. The zero-order valence-corrected chi connectivity index (χ0v) is 17.5. The average molecular weight is 425 g/mol. The van der Waals surface area contributed by atoms with E-state index in [1.807, 2.05) is 54.6 Å². The summed E-state index contributed by atoms with van der Waals surface area (Å²) in [5.74, 6) is 0.696. The zero-order chi connectivity index (χ0) is 18.7. The van der Waals surface area contributed by atoms with Gasteiger partial charge in [0.25, 0.3) is 0 Å². The summed E-state index contributed by atoms with van der Waals surface area (Å²) in [6, 6.07) is 17.7. The smallest absolute Gasteiger partial charge is 0.206 e. The van der Waals surface area contributed by atoms with E-state index < -0.39 is 16.2 Å². The Kier molecular flexibility index (Phi) is 7.12. The molecule has 2 aromatic rings. The molecule has 0 radical (unpaired) electrons. The first kappa shape index (κ1) is 21.3. The molecule has 0 amide bonds. The summed E-state index contributed by atoms with van der Waals surface area (Å²) in [5, 5.41) is 3.59. The van der Waals surface area contributed by atoms with Crippen molar-refractivity contribution in [1.82, 2.24) is 5.32 Å². The van der Waals surface area contributed by atoms with Crippen LogP contribution in [0.1, 0.15) is 38.5 Å². The summed E-state index contributed by atoms with van der Waals surface area (Å²) in [5.41, 5.74) is 0.823. The van der Waals surface area contributed by atoms with Crippen molar-refractivity contribution in [3.63, 3.8) is 0 Å². The van der Waals surface area contributed by atoms with E-state index in [0.29, 0.717) is 23.9 Å². The fourth-order valence-corrected chi connectivity index (χ4v) is 5.80. The molecule has 0 saturated heterocycles. The molecule has 2 aromatic carbocycles. The molecular formula is C21H29ClN2O3S. The van der Waals surface area contributed by atoms with Gasteiger partial charge in [0.05, 0.1) is 5.69 Å². The van der Waals surface area contributed by atoms with E-state index in [0.717, 1.165) is 18.7 Å². The molecule has 4 rings (SSSR count). The number of nitrogens with one attached hydrogen (secondary N) is 1. The molecule has 1 atom stereocenters. The van der Waals surface area contributed by atoms with Gasteiger partial charge in [-0.25, -0.2) is 4.31 Å². The van der Waals surface area contributed by atoms with Crippen molar-refractivity contribution < 1.29 is 13.8 Å². The molecule has 1 saturated carbocycles. The van der Waals surface area contributed by atoms with Gasteiger partial charge in [-0.1, -0.05) is 53.9 Å². The van der Waals surface area contributed by atoms with E-state index in [1.54, 1.807) is 4.31 Å². The topological polar surface area (TPSA) is 65.0 Å². The molecule has 28 heavy (non-hydrogen) atoms. The van der Waals surface area contributed by atoms with Crippen LogP contribution in [0.25, 0.3) is 0 Å². The highest BCUT2D eigenvalue weighted by molar-refractivity contribution is 8.26. The van der Waals surface area contributed by atoms with E-state index in [1.165, 1.54) is 25.7 Å². The van der Waals surface area contributed by atoms with Gasteiger partial charge < -0.3 is 10.1 Å². The molecule has 0 bridgehead atoms. The van der Waals surface area contributed by atoms with Crippen molar-refractivity contribution in [3.8, 4) is 5.75 Å². The highest BCUT2D eigenvalue weighted by Crippen LogP contribution is 2.61. The standard InChI is InChI=1S/C21H28N2O3S.ClH/c24-27(25)21(15-8-16-22-17-9-4-5-10-17)26-20-14-7-6-13-19(20)23(27)18-11-2-1-3-12-18;/h1-3,6-7,11-14,17,21-22,24-25H,4-5,8-10,15-16H2;1H. The van der Waals surface area contributed by atoms with Crippen LogP contribution in [-0.2, 0) is 0 Å². The van der Waals surface area contributed by atoms with Crippen LogP contribution in [-0.4, -0.2) is 27.1 Å². The number of rotatable bonds is 6. The quantitative estimate of drug-likeness (QED) is 0.500. The fraction of sp³-hybridized carbons (Fsp3) is 0.429. The summed E-state index contributed by atoms with van der Waals surface area (Å²) in [6.07, 6.45) is 6.58. The molecule has 1 unspecified atom stereocenters. The summed E-state index contributed by atoms with van der Waals surface area (Å²) in [6.45, 7) is 0.882. The maximum absolute atomic E-state index is 11.1. The Balaban J connectivity index is 0.00000225. The van der Waals surface area contributed by atoms with Gasteiger partial charge in [-0.05, 0) is 50.1 Å². The molecular weight excluding hydrogens is 396 g/mol. The normalized spacial score (nSPS) is 22.1. The third-order valence-electron chi connectivity index (χ3n) is 5.36. The number of fused-ring (bicyclic) bond motifs is 1. The Morgan fingerprint density at radius 2 is 1.68 bits per heavy atom. The number of benzene rings is 2. The van der Waals surface area contributed by atoms with Crippen molar-refractivity contribution in [2.75, 3.05) is 10.8 Å². The Morgan fingerprint density at radius 1 is 1.00 bits per heavy atom. The first-order valence-electron chi connectivity index (χ1n) is 9.78. The Bertz CT molecular complexity index is 756. The van der Waals surface area contributed by atoms with Gasteiger partial charge in [0.15, 0.2) is 0 Å². The number of ether oxygens (including phenoxy) is 1. The number of para-hydroxylation sites is 3. The number of hydrogen-bond acceptors (Lipinski definition) is 5. The number of nitrogens with zero attached hydrogens (tertiary/aromatic N) is 1. The second-order valence-electron chi connectivity index (χ2n) is 7.28. The SMILES string of the molecule is Cl.OS1(O)C(CCCNC2CCCC2)Oc2ccccc2N1c1ccccc1. The molecule has 2 aliphatic rings. The van der Waals surface area contributed by atoms with Crippen molar-refractivity contribution in [3.05, 3.63) is 54.6 Å². The van der Waals surface area contributed by atoms with E-state index in [2.05, 4.69) is 5.32 Å². The second-order valence-corrected chi connectivity index (χ2v) is 9.30. The van der Waals surface area contributed by atoms with Crippen molar-refractivity contribution in [2.24, 2.45) is 0 Å². The lowest BCUT2D eigenvalue weighted by Gasteiger charge is -2.51. The minimum atomic E-state index is -3.15. The molecule has 1 fully saturated rings. The van der Waals surface area contributed by atoms with Gasteiger partial charge in [0.2, 0.25) is 5.44 Å². The average Bonchev–Trinajstić information content (AvgIpc) is 3.19. The van der Waals surface area contributed by atoms with Gasteiger partial charge >= 0.3 is 0 Å². The maximum Gasteiger partial charge on any atom is 0.206 e. The number of anilines is 2. The summed E-state index contributed by atoms with van der Waals surface area (Å²) in [7, 11) is -3.15. The highest BCUT2D eigenvalue weighted by atomic mass is 35.5. The second kappa shape index (κ2) is 9.37. The van der Waals surface area contributed by atoms with Crippen LogP contribution < -0.4 is 14.4 Å². The maximum atomic E-state index is 11.1. The van der Waals surface area contributed by atoms with Crippen LogP contribution in [0.4, 0.5) is 11.4 Å². The Hall–Kier alpha value is -1.44. The molecule has 0 spiro atoms.